The summed E-state index contributed by atoms with van der Waals surface area (Å²) in [5.74, 6) is 1.06. The Kier molecular flexibility index (Phi) is 5.23. The number of para-hydroxylation sites is 1. The highest BCUT2D eigenvalue weighted by Gasteiger charge is 2.32. The summed E-state index contributed by atoms with van der Waals surface area (Å²) >= 11 is 5.40. The topological polar surface area (TPSA) is 50.8 Å². The second-order valence-corrected chi connectivity index (χ2v) is 6.11. The Morgan fingerprint density at radius 1 is 1.12 bits per heavy atom. The van der Waals surface area contributed by atoms with Crippen LogP contribution < -0.4 is 19.7 Å². The lowest BCUT2D eigenvalue weighted by Crippen LogP contribution is -2.31. The van der Waals surface area contributed by atoms with Crippen molar-refractivity contribution in [2.75, 3.05) is 19.1 Å². The number of hydrogen-bond acceptors (Lipinski definition) is 4. The molecule has 1 fully saturated rings. The molecule has 0 aromatic heterocycles. The van der Waals surface area contributed by atoms with Crippen LogP contribution in [0.5, 0.6) is 11.5 Å². The van der Waals surface area contributed by atoms with Gasteiger partial charge in [0.2, 0.25) is 0 Å². The van der Waals surface area contributed by atoms with Gasteiger partial charge in [0.05, 0.1) is 19.9 Å². The number of carbonyl (C=O) groups excluding carboxylic acids is 1. The van der Waals surface area contributed by atoms with Crippen molar-refractivity contribution >= 4 is 35.0 Å². The molecule has 0 atom stereocenters. The second kappa shape index (κ2) is 7.58. The third-order valence-electron chi connectivity index (χ3n) is 4.21. The van der Waals surface area contributed by atoms with Crippen molar-refractivity contribution in [3.8, 4) is 11.5 Å². The van der Waals surface area contributed by atoms with E-state index in [-0.39, 0.29) is 5.91 Å². The van der Waals surface area contributed by atoms with E-state index in [9.17, 15) is 4.79 Å². The molecular weight excluding hydrogens is 348 g/mol. The van der Waals surface area contributed by atoms with Gasteiger partial charge in [0, 0.05) is 0 Å². The van der Waals surface area contributed by atoms with Crippen molar-refractivity contribution in [2.45, 2.75) is 13.3 Å². The molecular formula is C20H20N2O3S. The molecule has 0 aliphatic carbocycles. The van der Waals surface area contributed by atoms with Gasteiger partial charge in [-0.25, -0.2) is 0 Å². The van der Waals surface area contributed by atoms with E-state index in [0.29, 0.717) is 22.3 Å². The zero-order chi connectivity index (χ0) is 18.7. The van der Waals surface area contributed by atoms with Gasteiger partial charge in [0.1, 0.15) is 5.70 Å². The number of benzene rings is 2. The lowest BCUT2D eigenvalue weighted by atomic mass is 10.1. The fourth-order valence-corrected chi connectivity index (χ4v) is 3.18. The molecule has 0 unspecified atom stereocenters. The van der Waals surface area contributed by atoms with Crippen molar-refractivity contribution in [2.24, 2.45) is 0 Å². The number of methoxy groups -OCH3 is 2. The van der Waals surface area contributed by atoms with Crippen LogP contribution in [0, 0.1) is 0 Å². The van der Waals surface area contributed by atoms with Crippen molar-refractivity contribution in [1.29, 1.82) is 0 Å². The fraction of sp³-hybridized carbons (Fsp3) is 0.200. The average Bonchev–Trinajstić information content (AvgIpc) is 2.94. The molecule has 26 heavy (non-hydrogen) atoms. The lowest BCUT2D eigenvalue weighted by molar-refractivity contribution is -0.113. The third-order valence-corrected chi connectivity index (χ3v) is 4.49. The molecule has 2 aromatic rings. The van der Waals surface area contributed by atoms with Crippen LogP contribution in [-0.4, -0.2) is 25.2 Å². The first kappa shape index (κ1) is 17.9. The molecule has 0 spiro atoms. The van der Waals surface area contributed by atoms with E-state index < -0.39 is 0 Å². The summed E-state index contributed by atoms with van der Waals surface area (Å²) in [6, 6.07) is 13.2. The Hall–Kier alpha value is -2.86. The van der Waals surface area contributed by atoms with Gasteiger partial charge in [-0.2, -0.15) is 0 Å². The number of carbonyl (C=O) groups is 1. The first-order valence-corrected chi connectivity index (χ1v) is 8.67. The fourth-order valence-electron chi connectivity index (χ4n) is 2.89. The minimum atomic E-state index is -0.175. The van der Waals surface area contributed by atoms with Crippen LogP contribution in [0.1, 0.15) is 18.1 Å². The Morgan fingerprint density at radius 3 is 2.54 bits per heavy atom. The molecule has 5 nitrogen and oxygen atoms in total. The van der Waals surface area contributed by atoms with Crippen molar-refractivity contribution in [3.63, 3.8) is 0 Å². The minimum Gasteiger partial charge on any atom is -0.493 e. The Labute approximate surface area is 158 Å². The van der Waals surface area contributed by atoms with E-state index in [2.05, 4.69) is 12.2 Å². The maximum Gasteiger partial charge on any atom is 0.281 e. The molecule has 1 N–H and O–H groups in total. The van der Waals surface area contributed by atoms with E-state index in [0.717, 1.165) is 23.2 Å². The molecule has 1 aliphatic heterocycles. The van der Waals surface area contributed by atoms with Crippen LogP contribution in [0.3, 0.4) is 0 Å². The SMILES string of the molecule is CCc1ccccc1N1C(=O)/C(=C\c2ccc(OC)c(OC)c2)NC1=S. The van der Waals surface area contributed by atoms with Crippen LogP contribution in [0.25, 0.3) is 6.08 Å². The van der Waals surface area contributed by atoms with Crippen molar-refractivity contribution in [3.05, 3.63) is 59.3 Å². The molecule has 3 rings (SSSR count). The molecule has 0 saturated carbocycles. The van der Waals surface area contributed by atoms with E-state index in [1.807, 2.05) is 36.4 Å². The Morgan fingerprint density at radius 2 is 1.85 bits per heavy atom. The molecule has 1 aliphatic rings. The number of anilines is 1. The summed E-state index contributed by atoms with van der Waals surface area (Å²) < 4.78 is 10.6. The average molecular weight is 368 g/mol. The zero-order valence-electron chi connectivity index (χ0n) is 14.9. The maximum absolute atomic E-state index is 12.9. The predicted octanol–water partition coefficient (Wildman–Crippen LogP) is 3.53. The maximum atomic E-state index is 12.9. The van der Waals surface area contributed by atoms with Crippen LogP contribution >= 0.6 is 12.2 Å². The number of hydrogen-bond donors (Lipinski definition) is 1. The van der Waals surface area contributed by atoms with Crippen molar-refractivity contribution < 1.29 is 14.3 Å². The Bertz CT molecular complexity index is 892. The van der Waals surface area contributed by atoms with Crippen LogP contribution in [0.4, 0.5) is 5.69 Å². The van der Waals surface area contributed by atoms with E-state index >= 15 is 0 Å². The number of aryl methyl sites for hydroxylation is 1. The predicted molar refractivity (Wildman–Crippen MR) is 107 cm³/mol. The largest absolute Gasteiger partial charge is 0.493 e. The van der Waals surface area contributed by atoms with Gasteiger partial charge in [-0.05, 0) is 54.0 Å². The monoisotopic (exact) mass is 368 g/mol. The van der Waals surface area contributed by atoms with Gasteiger partial charge in [0.15, 0.2) is 16.6 Å². The number of thiocarbonyl (C=S) groups is 1. The number of rotatable bonds is 5. The Balaban J connectivity index is 1.95. The number of amides is 1. The summed E-state index contributed by atoms with van der Waals surface area (Å²) in [4.78, 5) is 14.5. The molecule has 0 bridgehead atoms. The van der Waals surface area contributed by atoms with Crippen LogP contribution in [-0.2, 0) is 11.2 Å². The van der Waals surface area contributed by atoms with Gasteiger partial charge < -0.3 is 14.8 Å². The summed E-state index contributed by atoms with van der Waals surface area (Å²) in [6.45, 7) is 2.05. The van der Waals surface area contributed by atoms with Gasteiger partial charge in [0.25, 0.3) is 5.91 Å². The molecule has 6 heteroatoms. The van der Waals surface area contributed by atoms with Crippen LogP contribution in [0.15, 0.2) is 48.2 Å². The van der Waals surface area contributed by atoms with E-state index in [1.165, 1.54) is 0 Å². The first-order chi connectivity index (χ1) is 12.6. The van der Waals surface area contributed by atoms with Gasteiger partial charge in [-0.1, -0.05) is 31.2 Å². The third kappa shape index (κ3) is 3.28. The molecule has 1 amide bonds. The molecule has 1 saturated heterocycles. The number of ether oxygens (including phenoxy) is 2. The highest BCUT2D eigenvalue weighted by molar-refractivity contribution is 7.80. The second-order valence-electron chi connectivity index (χ2n) is 5.73. The number of nitrogens with one attached hydrogen (secondary N) is 1. The summed E-state index contributed by atoms with van der Waals surface area (Å²) in [7, 11) is 3.16. The van der Waals surface area contributed by atoms with E-state index in [4.69, 9.17) is 21.7 Å². The molecule has 134 valence electrons. The normalized spacial score (nSPS) is 15.3. The van der Waals surface area contributed by atoms with Gasteiger partial charge in [-0.15, -0.1) is 0 Å². The molecule has 0 radical (unpaired) electrons. The summed E-state index contributed by atoms with van der Waals surface area (Å²) in [5.41, 5.74) is 3.12. The molecule has 1 heterocycles. The molecule has 2 aromatic carbocycles. The van der Waals surface area contributed by atoms with Crippen molar-refractivity contribution in [1.82, 2.24) is 5.32 Å². The zero-order valence-corrected chi connectivity index (χ0v) is 15.7. The van der Waals surface area contributed by atoms with Gasteiger partial charge in [-0.3, -0.25) is 9.69 Å². The smallest absolute Gasteiger partial charge is 0.281 e. The van der Waals surface area contributed by atoms with Gasteiger partial charge >= 0.3 is 0 Å². The standard InChI is InChI=1S/C20H20N2O3S/c1-4-14-7-5-6-8-16(14)22-19(23)15(21-20(22)26)11-13-9-10-17(24-2)18(12-13)25-3/h5-12H,4H2,1-3H3,(H,21,26)/b15-11+. The highest BCUT2D eigenvalue weighted by Crippen LogP contribution is 2.30. The highest BCUT2D eigenvalue weighted by atomic mass is 32.1. The lowest BCUT2D eigenvalue weighted by Gasteiger charge is -2.17. The van der Waals surface area contributed by atoms with E-state index in [1.54, 1.807) is 31.3 Å². The summed E-state index contributed by atoms with van der Waals surface area (Å²) in [6.07, 6.45) is 2.57. The quantitative estimate of drug-likeness (QED) is 0.646. The van der Waals surface area contributed by atoms with Crippen LogP contribution in [0.2, 0.25) is 0 Å². The number of nitrogens with zero attached hydrogens (tertiary/aromatic N) is 1. The first-order valence-electron chi connectivity index (χ1n) is 8.26. The summed E-state index contributed by atoms with van der Waals surface area (Å²) in [5, 5.41) is 3.39. The minimum absolute atomic E-state index is 0.175.